The Labute approximate surface area is 201 Å². The van der Waals surface area contributed by atoms with Gasteiger partial charge in [-0.15, -0.1) is 11.3 Å². The second-order valence-electron chi connectivity index (χ2n) is 8.31. The largest absolute Gasteiger partial charge is 0.458 e. The molecule has 10 nitrogen and oxygen atoms in total. The highest BCUT2D eigenvalue weighted by atomic mass is 32.1. The molecule has 1 amide bonds. The first-order valence-electron chi connectivity index (χ1n) is 11.1. The van der Waals surface area contributed by atoms with Gasteiger partial charge in [-0.1, -0.05) is 0 Å². The van der Waals surface area contributed by atoms with Crippen LogP contribution in [0.1, 0.15) is 17.1 Å². The van der Waals surface area contributed by atoms with Crippen molar-refractivity contribution >= 4 is 28.2 Å². The maximum atomic E-state index is 12.9. The van der Waals surface area contributed by atoms with E-state index in [2.05, 4.69) is 35.2 Å². The second kappa shape index (κ2) is 9.35. The molecule has 11 heteroatoms. The van der Waals surface area contributed by atoms with Crippen LogP contribution in [-0.4, -0.2) is 68.3 Å². The number of aryl methyl sites for hydroxylation is 3. The fourth-order valence-corrected chi connectivity index (χ4v) is 4.68. The third-order valence-electron chi connectivity index (χ3n) is 5.60. The van der Waals surface area contributed by atoms with E-state index in [0.717, 1.165) is 48.5 Å². The predicted molar refractivity (Wildman–Crippen MR) is 130 cm³/mol. The monoisotopic (exact) mass is 478 g/mol. The summed E-state index contributed by atoms with van der Waals surface area (Å²) in [4.78, 5) is 30.8. The summed E-state index contributed by atoms with van der Waals surface area (Å²) in [5.74, 6) is 2.55. The molecule has 5 heterocycles. The number of hydrogen-bond donors (Lipinski definition) is 1. The van der Waals surface area contributed by atoms with Gasteiger partial charge >= 0.3 is 0 Å². The quantitative estimate of drug-likeness (QED) is 0.451. The molecule has 4 aromatic heterocycles. The van der Waals surface area contributed by atoms with Crippen LogP contribution in [0.5, 0.6) is 0 Å². The Hall–Kier alpha value is -3.57. The summed E-state index contributed by atoms with van der Waals surface area (Å²) in [6, 6.07) is 7.39. The molecule has 0 spiro atoms. The van der Waals surface area contributed by atoms with Gasteiger partial charge in [0.2, 0.25) is 5.91 Å². The highest BCUT2D eigenvalue weighted by Gasteiger charge is 2.21. The molecule has 1 aliphatic heterocycles. The third kappa shape index (κ3) is 4.85. The molecule has 0 unspecified atom stereocenters. The van der Waals surface area contributed by atoms with E-state index >= 15 is 0 Å². The van der Waals surface area contributed by atoms with Crippen LogP contribution in [0.2, 0.25) is 0 Å². The van der Waals surface area contributed by atoms with E-state index in [4.69, 9.17) is 4.42 Å². The smallest absolute Gasteiger partial charge is 0.239 e. The van der Waals surface area contributed by atoms with Crippen molar-refractivity contribution < 1.29 is 9.21 Å². The summed E-state index contributed by atoms with van der Waals surface area (Å²) in [6.45, 7) is 9.33. The number of furan rings is 1. The molecule has 0 aromatic carbocycles. The average Bonchev–Trinajstić information content (AvgIpc) is 3.56. The Morgan fingerprint density at radius 2 is 1.94 bits per heavy atom. The molecule has 1 N–H and O–H groups in total. The number of carbonyl (C=O) groups excluding carboxylic acids is 1. The van der Waals surface area contributed by atoms with Gasteiger partial charge < -0.3 is 14.6 Å². The van der Waals surface area contributed by atoms with Crippen LogP contribution >= 0.6 is 11.3 Å². The van der Waals surface area contributed by atoms with E-state index in [-0.39, 0.29) is 5.91 Å². The maximum Gasteiger partial charge on any atom is 0.239 e. The average molecular weight is 479 g/mol. The zero-order valence-electron chi connectivity index (χ0n) is 19.4. The van der Waals surface area contributed by atoms with E-state index in [1.807, 2.05) is 50.5 Å². The molecule has 5 rings (SSSR count). The van der Waals surface area contributed by atoms with Crippen molar-refractivity contribution in [1.29, 1.82) is 0 Å². The van der Waals surface area contributed by atoms with Crippen LogP contribution in [0.3, 0.4) is 0 Å². The first kappa shape index (κ1) is 22.2. The number of carbonyl (C=O) groups is 1. The lowest BCUT2D eigenvalue weighted by atomic mass is 10.3. The SMILES string of the molecule is Cc1cc(C)n(-c2cc(NC(=O)CN3CCN(c4nccs4)CC3)nc(-c3ccc(C)o3)n2)n1. The van der Waals surface area contributed by atoms with E-state index in [0.29, 0.717) is 29.8 Å². The van der Waals surface area contributed by atoms with Crippen molar-refractivity contribution in [2.45, 2.75) is 20.8 Å². The van der Waals surface area contributed by atoms with E-state index < -0.39 is 0 Å². The predicted octanol–water partition coefficient (Wildman–Crippen LogP) is 3.06. The molecule has 0 atom stereocenters. The number of hydrogen-bond acceptors (Lipinski definition) is 9. The van der Waals surface area contributed by atoms with Gasteiger partial charge in [-0.25, -0.2) is 19.6 Å². The molecular weight excluding hydrogens is 452 g/mol. The summed E-state index contributed by atoms with van der Waals surface area (Å²) in [7, 11) is 0. The van der Waals surface area contributed by atoms with Crippen LogP contribution in [0.25, 0.3) is 17.4 Å². The van der Waals surface area contributed by atoms with Gasteiger partial charge in [-0.2, -0.15) is 5.10 Å². The van der Waals surface area contributed by atoms with Crippen molar-refractivity contribution in [3.05, 3.63) is 53.0 Å². The zero-order valence-corrected chi connectivity index (χ0v) is 20.2. The number of aromatic nitrogens is 5. The Bertz CT molecular complexity index is 1290. The zero-order chi connectivity index (χ0) is 23.7. The van der Waals surface area contributed by atoms with Crippen molar-refractivity contribution in [2.75, 3.05) is 42.9 Å². The van der Waals surface area contributed by atoms with Gasteiger partial charge in [0.25, 0.3) is 0 Å². The Morgan fingerprint density at radius 1 is 1.12 bits per heavy atom. The lowest BCUT2D eigenvalue weighted by Crippen LogP contribution is -2.48. The molecule has 4 aromatic rings. The molecule has 0 saturated carbocycles. The second-order valence-corrected chi connectivity index (χ2v) is 9.18. The number of anilines is 2. The van der Waals surface area contributed by atoms with Crippen LogP contribution in [0, 0.1) is 20.8 Å². The van der Waals surface area contributed by atoms with Crippen molar-refractivity contribution in [3.8, 4) is 17.4 Å². The molecule has 1 saturated heterocycles. The Balaban J connectivity index is 1.32. The van der Waals surface area contributed by atoms with Crippen LogP contribution in [0.15, 0.2) is 40.3 Å². The van der Waals surface area contributed by atoms with Gasteiger partial charge in [-0.05, 0) is 39.0 Å². The number of amides is 1. The normalized spacial score (nSPS) is 14.5. The van der Waals surface area contributed by atoms with Crippen molar-refractivity contribution in [3.63, 3.8) is 0 Å². The Kier molecular flexibility index (Phi) is 6.12. The third-order valence-corrected chi connectivity index (χ3v) is 6.43. The van der Waals surface area contributed by atoms with E-state index in [1.54, 1.807) is 22.1 Å². The van der Waals surface area contributed by atoms with Gasteiger partial charge in [0.05, 0.1) is 12.2 Å². The first-order valence-corrected chi connectivity index (χ1v) is 12.0. The molecule has 34 heavy (non-hydrogen) atoms. The first-order chi connectivity index (χ1) is 16.4. The molecule has 0 aliphatic carbocycles. The summed E-state index contributed by atoms with van der Waals surface area (Å²) < 4.78 is 7.47. The van der Waals surface area contributed by atoms with Gasteiger partial charge in [0.15, 0.2) is 22.5 Å². The minimum Gasteiger partial charge on any atom is -0.458 e. The minimum absolute atomic E-state index is 0.123. The molecular formula is C23H26N8O2S. The fraction of sp³-hybridized carbons (Fsp3) is 0.348. The number of thiazole rings is 1. The summed E-state index contributed by atoms with van der Waals surface area (Å²) in [6.07, 6.45) is 1.82. The summed E-state index contributed by atoms with van der Waals surface area (Å²) in [5, 5.41) is 10.5. The molecule has 1 aliphatic rings. The number of nitrogens with one attached hydrogen (secondary N) is 1. The minimum atomic E-state index is -0.123. The van der Waals surface area contributed by atoms with Gasteiger partial charge in [-0.3, -0.25) is 9.69 Å². The van der Waals surface area contributed by atoms with Crippen LogP contribution in [0.4, 0.5) is 10.9 Å². The fourth-order valence-electron chi connectivity index (χ4n) is 3.99. The molecule has 0 bridgehead atoms. The van der Waals surface area contributed by atoms with E-state index in [1.165, 1.54) is 0 Å². The number of rotatable bonds is 6. The lowest BCUT2D eigenvalue weighted by molar-refractivity contribution is -0.117. The lowest BCUT2D eigenvalue weighted by Gasteiger charge is -2.34. The molecule has 1 fully saturated rings. The summed E-state index contributed by atoms with van der Waals surface area (Å²) >= 11 is 1.64. The standard InChI is InChI=1S/C23H26N8O2S/c1-15-12-16(2)31(28-15)20-13-19(26-22(27-20)18-5-4-17(3)33-18)25-21(32)14-29-7-9-30(10-8-29)23-24-6-11-34-23/h4-6,11-13H,7-10,14H2,1-3H3,(H,25,26,27,32). The molecule has 176 valence electrons. The maximum absolute atomic E-state index is 12.9. The summed E-state index contributed by atoms with van der Waals surface area (Å²) in [5.41, 5.74) is 1.82. The number of nitrogens with zero attached hydrogens (tertiary/aromatic N) is 7. The van der Waals surface area contributed by atoms with Crippen molar-refractivity contribution in [1.82, 2.24) is 29.6 Å². The van der Waals surface area contributed by atoms with Crippen LogP contribution < -0.4 is 10.2 Å². The topological polar surface area (TPSA) is 105 Å². The highest BCUT2D eigenvalue weighted by molar-refractivity contribution is 7.13. The van der Waals surface area contributed by atoms with Gasteiger partial charge in [0, 0.05) is 49.5 Å². The molecule has 0 radical (unpaired) electrons. The van der Waals surface area contributed by atoms with E-state index in [9.17, 15) is 4.79 Å². The highest BCUT2D eigenvalue weighted by Crippen LogP contribution is 2.23. The van der Waals surface area contributed by atoms with Gasteiger partial charge in [0.1, 0.15) is 11.6 Å². The van der Waals surface area contributed by atoms with Crippen LogP contribution in [-0.2, 0) is 4.79 Å². The Morgan fingerprint density at radius 3 is 2.59 bits per heavy atom. The number of piperazine rings is 1. The van der Waals surface area contributed by atoms with Crippen molar-refractivity contribution in [2.24, 2.45) is 0 Å².